The van der Waals surface area contributed by atoms with Crippen LogP contribution in [0.3, 0.4) is 0 Å². The Morgan fingerprint density at radius 1 is 0.750 bits per heavy atom. The summed E-state index contributed by atoms with van der Waals surface area (Å²) in [5, 5.41) is 2.23. The fourth-order valence-corrected chi connectivity index (χ4v) is 4.08. The second-order valence-electron chi connectivity index (χ2n) is 7.93. The van der Waals surface area contributed by atoms with Crippen LogP contribution in [0.15, 0.2) is 78.9 Å². The van der Waals surface area contributed by atoms with Gasteiger partial charge in [-0.3, -0.25) is 0 Å². The van der Waals surface area contributed by atoms with Crippen molar-refractivity contribution in [3.63, 3.8) is 0 Å². The summed E-state index contributed by atoms with van der Waals surface area (Å²) in [6, 6.07) is 20.6. The first-order chi connectivity index (χ1) is 15.3. The number of fused-ring (bicyclic) bond motifs is 1. The van der Waals surface area contributed by atoms with Crippen molar-refractivity contribution in [2.45, 2.75) is 31.9 Å². The first-order valence-electron chi connectivity index (χ1n) is 10.4. The van der Waals surface area contributed by atoms with E-state index in [-0.39, 0.29) is 17.0 Å². The van der Waals surface area contributed by atoms with Crippen molar-refractivity contribution in [3.8, 4) is 11.1 Å². The van der Waals surface area contributed by atoms with Gasteiger partial charge < -0.3 is 0 Å². The molecule has 0 nitrogen and oxygen atoms in total. The van der Waals surface area contributed by atoms with Crippen molar-refractivity contribution in [3.05, 3.63) is 107 Å². The molecule has 164 valence electrons. The molecule has 0 heterocycles. The first kappa shape index (κ1) is 22.0. The maximum Gasteiger partial charge on any atom is 0.416 e. The lowest BCUT2D eigenvalue weighted by Gasteiger charge is -2.18. The molecule has 0 aliphatic rings. The normalized spacial score (nSPS) is 12.8. The number of hydrogen-bond acceptors (Lipinski definition) is 0. The number of halogens is 5. The molecule has 0 aromatic heterocycles. The van der Waals surface area contributed by atoms with Crippen LogP contribution in [0.5, 0.6) is 0 Å². The zero-order valence-electron chi connectivity index (χ0n) is 17.4. The summed E-state index contributed by atoms with van der Waals surface area (Å²) < 4.78 is 68.2. The summed E-state index contributed by atoms with van der Waals surface area (Å²) in [5.74, 6) is -1.66. The second-order valence-corrected chi connectivity index (χ2v) is 7.93. The van der Waals surface area contributed by atoms with E-state index >= 15 is 0 Å². The second kappa shape index (κ2) is 8.73. The van der Waals surface area contributed by atoms with E-state index in [1.165, 1.54) is 12.1 Å². The summed E-state index contributed by atoms with van der Waals surface area (Å²) in [6.45, 7) is 1.96. The summed E-state index contributed by atoms with van der Waals surface area (Å²) in [4.78, 5) is 0. The van der Waals surface area contributed by atoms with E-state index in [0.29, 0.717) is 18.4 Å². The van der Waals surface area contributed by atoms with Gasteiger partial charge in [-0.15, -0.1) is 0 Å². The van der Waals surface area contributed by atoms with Crippen LogP contribution in [0, 0.1) is 11.6 Å². The van der Waals surface area contributed by atoms with E-state index < -0.39 is 23.4 Å². The molecule has 32 heavy (non-hydrogen) atoms. The summed E-state index contributed by atoms with van der Waals surface area (Å²) in [7, 11) is 0. The highest BCUT2D eigenvalue weighted by Gasteiger charge is 2.30. The third-order valence-corrected chi connectivity index (χ3v) is 5.83. The Morgan fingerprint density at radius 3 is 1.97 bits per heavy atom. The highest BCUT2D eigenvalue weighted by Crippen LogP contribution is 2.35. The highest BCUT2D eigenvalue weighted by molar-refractivity contribution is 5.83. The minimum absolute atomic E-state index is 0.0714. The fraction of sp³-hybridized carbons (Fsp3) is 0.185. The van der Waals surface area contributed by atoms with Crippen LogP contribution < -0.4 is 0 Å². The first-order valence-corrected chi connectivity index (χ1v) is 10.4. The molecule has 0 amide bonds. The summed E-state index contributed by atoms with van der Waals surface area (Å²) in [6.07, 6.45) is -3.19. The quantitative estimate of drug-likeness (QED) is 0.273. The molecule has 5 heteroatoms. The molecule has 0 N–H and O–H groups in total. The van der Waals surface area contributed by atoms with E-state index in [2.05, 4.69) is 6.07 Å². The zero-order valence-corrected chi connectivity index (χ0v) is 17.4. The van der Waals surface area contributed by atoms with Crippen LogP contribution in [0.4, 0.5) is 22.0 Å². The lowest BCUT2D eigenvalue weighted by atomic mass is 9.88. The standard InChI is InChI=1S/C27H21F5/c1-2-18(13-17-7-8-19-5-3-4-6-21(19)14-17)22-15-24(28)26(25(29)16-22)20-9-11-23(12-10-20)27(30,31)32/h3-12,14-16,18H,2,13H2,1H3. The van der Waals surface area contributed by atoms with Crippen LogP contribution in [-0.4, -0.2) is 0 Å². The molecule has 4 rings (SSSR count). The largest absolute Gasteiger partial charge is 0.416 e. The molecular formula is C27H21F5. The number of alkyl halides is 3. The summed E-state index contributed by atoms with van der Waals surface area (Å²) >= 11 is 0. The Morgan fingerprint density at radius 2 is 1.38 bits per heavy atom. The molecular weight excluding hydrogens is 419 g/mol. The van der Waals surface area contributed by atoms with Crippen LogP contribution >= 0.6 is 0 Å². The summed E-state index contributed by atoms with van der Waals surface area (Å²) in [5.41, 5.74) is 0.500. The lowest BCUT2D eigenvalue weighted by Crippen LogP contribution is -2.05. The average molecular weight is 440 g/mol. The van der Waals surface area contributed by atoms with E-state index in [1.807, 2.05) is 43.3 Å². The molecule has 1 unspecified atom stereocenters. The van der Waals surface area contributed by atoms with Crippen molar-refractivity contribution >= 4 is 10.8 Å². The van der Waals surface area contributed by atoms with Gasteiger partial charge in [-0.1, -0.05) is 61.5 Å². The minimum atomic E-state index is -4.50. The van der Waals surface area contributed by atoms with Crippen LogP contribution in [-0.2, 0) is 12.6 Å². The Labute approximate surface area is 183 Å². The SMILES string of the molecule is CCC(Cc1ccc2ccccc2c1)c1cc(F)c(-c2ccc(C(F)(F)F)cc2)c(F)c1. The van der Waals surface area contributed by atoms with Gasteiger partial charge in [-0.05, 0) is 70.5 Å². The minimum Gasteiger partial charge on any atom is -0.206 e. The van der Waals surface area contributed by atoms with Gasteiger partial charge in [0.05, 0.1) is 11.1 Å². The van der Waals surface area contributed by atoms with Gasteiger partial charge in [0, 0.05) is 0 Å². The molecule has 4 aromatic carbocycles. The van der Waals surface area contributed by atoms with Crippen LogP contribution in [0.2, 0.25) is 0 Å². The van der Waals surface area contributed by atoms with E-state index in [9.17, 15) is 22.0 Å². The van der Waals surface area contributed by atoms with Gasteiger partial charge in [0.15, 0.2) is 0 Å². The number of hydrogen-bond donors (Lipinski definition) is 0. The number of rotatable bonds is 5. The van der Waals surface area contributed by atoms with Gasteiger partial charge >= 0.3 is 6.18 Å². The van der Waals surface area contributed by atoms with Crippen LogP contribution in [0.25, 0.3) is 21.9 Å². The fourth-order valence-electron chi connectivity index (χ4n) is 4.08. The third kappa shape index (κ3) is 4.52. The van der Waals surface area contributed by atoms with Gasteiger partial charge in [0.2, 0.25) is 0 Å². The van der Waals surface area contributed by atoms with Gasteiger partial charge in [0.25, 0.3) is 0 Å². The molecule has 1 atom stereocenters. The monoisotopic (exact) mass is 440 g/mol. The molecule has 4 aromatic rings. The molecule has 0 fully saturated rings. The maximum absolute atomic E-state index is 14.9. The highest BCUT2D eigenvalue weighted by atomic mass is 19.4. The van der Waals surface area contributed by atoms with E-state index in [0.717, 1.165) is 40.6 Å². The maximum atomic E-state index is 14.9. The van der Waals surface area contributed by atoms with Gasteiger partial charge in [0.1, 0.15) is 11.6 Å². The topological polar surface area (TPSA) is 0 Å². The Kier molecular flexibility index (Phi) is 6.00. The third-order valence-electron chi connectivity index (χ3n) is 5.83. The Balaban J connectivity index is 1.63. The Bertz CT molecular complexity index is 1220. The van der Waals surface area contributed by atoms with Crippen molar-refractivity contribution in [2.24, 2.45) is 0 Å². The van der Waals surface area contributed by atoms with Gasteiger partial charge in [-0.2, -0.15) is 13.2 Å². The smallest absolute Gasteiger partial charge is 0.206 e. The van der Waals surface area contributed by atoms with Crippen molar-refractivity contribution < 1.29 is 22.0 Å². The molecule has 0 saturated carbocycles. The average Bonchev–Trinajstić information content (AvgIpc) is 2.76. The van der Waals surface area contributed by atoms with Crippen molar-refractivity contribution in [2.75, 3.05) is 0 Å². The van der Waals surface area contributed by atoms with Crippen molar-refractivity contribution in [1.29, 1.82) is 0 Å². The van der Waals surface area contributed by atoms with Crippen molar-refractivity contribution in [1.82, 2.24) is 0 Å². The zero-order chi connectivity index (χ0) is 22.9. The molecule has 0 saturated heterocycles. The molecule has 0 bridgehead atoms. The number of benzene rings is 4. The lowest BCUT2D eigenvalue weighted by molar-refractivity contribution is -0.137. The predicted molar refractivity (Wildman–Crippen MR) is 117 cm³/mol. The Hall–Kier alpha value is -3.21. The molecule has 0 spiro atoms. The predicted octanol–water partition coefficient (Wildman–Crippen LogP) is 8.54. The van der Waals surface area contributed by atoms with E-state index in [4.69, 9.17) is 0 Å². The molecule has 0 aliphatic carbocycles. The van der Waals surface area contributed by atoms with Crippen LogP contribution in [0.1, 0.15) is 36.0 Å². The molecule has 0 radical (unpaired) electrons. The van der Waals surface area contributed by atoms with E-state index in [1.54, 1.807) is 0 Å². The van der Waals surface area contributed by atoms with Gasteiger partial charge in [-0.25, -0.2) is 8.78 Å². The molecule has 0 aliphatic heterocycles.